The quantitative estimate of drug-likeness (QED) is 0.0343. The first-order chi connectivity index (χ1) is 35.3. The predicted octanol–water partition coefficient (Wildman–Crippen LogP) is 22.0. The second kappa shape index (κ2) is 58.7. The zero-order valence-corrected chi connectivity index (χ0v) is 49.6. The standard InChI is InChI=1S/C66H128O6/c1-6-8-9-10-11-12-13-14-15-21-27-33-38-43-48-53-58-66(69)72-63(60-71-65(68)57-52-47-42-37-32-28-23-24-29-34-39-44-49-54-61(3)4)59-70-64(67)56-51-46-41-36-31-26-22-19-17-16-18-20-25-30-35-40-45-50-55-62(5)7-2/h61-63H,6-60H2,1-5H3/t62?,63-/m0/s1. The molecule has 0 radical (unpaired) electrons. The lowest BCUT2D eigenvalue weighted by atomic mass is 9.99. The van der Waals surface area contributed by atoms with Crippen LogP contribution < -0.4 is 0 Å². The molecule has 0 aromatic carbocycles. The van der Waals surface area contributed by atoms with Crippen molar-refractivity contribution in [2.75, 3.05) is 13.2 Å². The highest BCUT2D eigenvalue weighted by atomic mass is 16.6. The van der Waals surface area contributed by atoms with Crippen LogP contribution in [-0.4, -0.2) is 37.2 Å². The van der Waals surface area contributed by atoms with Gasteiger partial charge in [-0.15, -0.1) is 0 Å². The number of carbonyl (C=O) groups excluding carboxylic acids is 3. The summed E-state index contributed by atoms with van der Waals surface area (Å²) in [5, 5.41) is 0. The maximum Gasteiger partial charge on any atom is 0.306 e. The number of hydrogen-bond donors (Lipinski definition) is 0. The topological polar surface area (TPSA) is 78.9 Å². The Morgan fingerprint density at radius 1 is 0.292 bits per heavy atom. The van der Waals surface area contributed by atoms with E-state index in [9.17, 15) is 14.4 Å². The van der Waals surface area contributed by atoms with E-state index in [-0.39, 0.29) is 31.1 Å². The average Bonchev–Trinajstić information content (AvgIpc) is 3.37. The van der Waals surface area contributed by atoms with Gasteiger partial charge in [0.1, 0.15) is 13.2 Å². The molecule has 0 aromatic rings. The van der Waals surface area contributed by atoms with E-state index in [4.69, 9.17) is 14.2 Å². The van der Waals surface area contributed by atoms with Crippen LogP contribution >= 0.6 is 0 Å². The summed E-state index contributed by atoms with van der Waals surface area (Å²) in [7, 11) is 0. The summed E-state index contributed by atoms with van der Waals surface area (Å²) < 4.78 is 17.0. The zero-order valence-electron chi connectivity index (χ0n) is 49.6. The van der Waals surface area contributed by atoms with E-state index in [2.05, 4.69) is 34.6 Å². The van der Waals surface area contributed by atoms with Crippen molar-refractivity contribution in [3.8, 4) is 0 Å². The van der Waals surface area contributed by atoms with Gasteiger partial charge in [0.15, 0.2) is 6.10 Å². The fourth-order valence-corrected chi connectivity index (χ4v) is 10.3. The number of esters is 3. The smallest absolute Gasteiger partial charge is 0.306 e. The zero-order chi connectivity index (χ0) is 52.5. The van der Waals surface area contributed by atoms with Crippen molar-refractivity contribution in [3.05, 3.63) is 0 Å². The van der Waals surface area contributed by atoms with Crippen molar-refractivity contribution in [1.82, 2.24) is 0 Å². The van der Waals surface area contributed by atoms with Crippen LogP contribution in [0.25, 0.3) is 0 Å². The number of ether oxygens (including phenoxy) is 3. The van der Waals surface area contributed by atoms with Gasteiger partial charge in [0, 0.05) is 19.3 Å². The van der Waals surface area contributed by atoms with Crippen LogP contribution in [-0.2, 0) is 28.6 Å². The monoisotopic (exact) mass is 1020 g/mol. The molecule has 6 nitrogen and oxygen atoms in total. The largest absolute Gasteiger partial charge is 0.462 e. The molecule has 72 heavy (non-hydrogen) atoms. The summed E-state index contributed by atoms with van der Waals surface area (Å²) in [6, 6.07) is 0. The van der Waals surface area contributed by atoms with Gasteiger partial charge in [-0.25, -0.2) is 0 Å². The first-order valence-electron chi connectivity index (χ1n) is 32.8. The molecule has 0 heterocycles. The molecule has 0 spiro atoms. The Balaban J connectivity index is 4.26. The maximum atomic E-state index is 12.9. The fourth-order valence-electron chi connectivity index (χ4n) is 10.3. The van der Waals surface area contributed by atoms with Crippen molar-refractivity contribution < 1.29 is 28.6 Å². The van der Waals surface area contributed by atoms with E-state index in [1.54, 1.807) is 0 Å². The van der Waals surface area contributed by atoms with Gasteiger partial charge in [-0.3, -0.25) is 14.4 Å². The summed E-state index contributed by atoms with van der Waals surface area (Å²) >= 11 is 0. The van der Waals surface area contributed by atoms with Crippen molar-refractivity contribution in [2.24, 2.45) is 11.8 Å². The second-order valence-electron chi connectivity index (χ2n) is 23.5. The first kappa shape index (κ1) is 70.4. The fraction of sp³-hybridized carbons (Fsp3) is 0.955. The van der Waals surface area contributed by atoms with E-state index in [0.717, 1.165) is 69.6 Å². The summed E-state index contributed by atoms with van der Waals surface area (Å²) in [6.07, 6.45) is 65.3. The van der Waals surface area contributed by atoms with Gasteiger partial charge < -0.3 is 14.2 Å². The van der Waals surface area contributed by atoms with E-state index in [0.29, 0.717) is 19.3 Å². The van der Waals surface area contributed by atoms with E-state index >= 15 is 0 Å². The van der Waals surface area contributed by atoms with Gasteiger partial charge in [0.2, 0.25) is 0 Å². The average molecular weight is 1020 g/mol. The Bertz CT molecular complexity index is 1110. The number of hydrogen-bond acceptors (Lipinski definition) is 6. The first-order valence-corrected chi connectivity index (χ1v) is 32.8. The van der Waals surface area contributed by atoms with Crippen LogP contribution in [0.15, 0.2) is 0 Å². The Labute approximate surface area is 450 Å². The molecule has 0 N–H and O–H groups in total. The summed E-state index contributed by atoms with van der Waals surface area (Å²) in [4.78, 5) is 38.3. The molecule has 2 atom stereocenters. The molecular formula is C66H128O6. The van der Waals surface area contributed by atoms with Crippen LogP contribution in [0.4, 0.5) is 0 Å². The van der Waals surface area contributed by atoms with Crippen LogP contribution in [0, 0.1) is 11.8 Å². The van der Waals surface area contributed by atoms with E-state index < -0.39 is 6.10 Å². The number of rotatable bonds is 60. The van der Waals surface area contributed by atoms with Gasteiger partial charge in [0.05, 0.1) is 0 Å². The molecule has 0 bridgehead atoms. The maximum absolute atomic E-state index is 12.9. The molecule has 1 unspecified atom stereocenters. The van der Waals surface area contributed by atoms with Crippen molar-refractivity contribution in [3.63, 3.8) is 0 Å². The minimum absolute atomic E-state index is 0.0617. The molecule has 0 aromatic heterocycles. The van der Waals surface area contributed by atoms with Gasteiger partial charge in [0.25, 0.3) is 0 Å². The summed E-state index contributed by atoms with van der Waals surface area (Å²) in [5.74, 6) is 0.920. The highest BCUT2D eigenvalue weighted by molar-refractivity contribution is 5.71. The molecule has 0 amide bonds. The highest BCUT2D eigenvalue weighted by Gasteiger charge is 2.19. The molecule has 0 saturated carbocycles. The summed E-state index contributed by atoms with van der Waals surface area (Å²) in [5.41, 5.74) is 0. The highest BCUT2D eigenvalue weighted by Crippen LogP contribution is 2.19. The van der Waals surface area contributed by atoms with Gasteiger partial charge in [-0.2, -0.15) is 0 Å². The second-order valence-corrected chi connectivity index (χ2v) is 23.5. The van der Waals surface area contributed by atoms with Gasteiger partial charge >= 0.3 is 17.9 Å². The SMILES string of the molecule is CCCCCCCCCCCCCCCCCCC(=O)O[C@@H](COC(=O)CCCCCCCCCCCCCCCCCCCCC(C)CC)COC(=O)CCCCCCCCCCCCCCCC(C)C. The summed E-state index contributed by atoms with van der Waals surface area (Å²) in [6.45, 7) is 11.5. The normalized spacial score (nSPS) is 12.4. The molecule has 0 aliphatic carbocycles. The Hall–Kier alpha value is -1.59. The van der Waals surface area contributed by atoms with Crippen molar-refractivity contribution in [2.45, 2.75) is 381 Å². The van der Waals surface area contributed by atoms with E-state index in [1.807, 2.05) is 0 Å². The Morgan fingerprint density at radius 2 is 0.528 bits per heavy atom. The lowest BCUT2D eigenvalue weighted by Gasteiger charge is -2.18. The van der Waals surface area contributed by atoms with E-state index in [1.165, 1.54) is 263 Å². The van der Waals surface area contributed by atoms with Crippen LogP contribution in [0.2, 0.25) is 0 Å². The molecular weight excluding hydrogens is 889 g/mol. The Morgan fingerprint density at radius 3 is 0.792 bits per heavy atom. The van der Waals surface area contributed by atoms with Gasteiger partial charge in [-0.05, 0) is 31.1 Å². The molecule has 0 saturated heterocycles. The molecule has 0 fully saturated rings. The Kier molecular flexibility index (Phi) is 57.4. The molecule has 6 heteroatoms. The number of carbonyl (C=O) groups is 3. The number of unbranched alkanes of at least 4 members (excludes halogenated alkanes) is 44. The molecule has 0 rings (SSSR count). The van der Waals surface area contributed by atoms with Gasteiger partial charge in [-0.1, -0.05) is 336 Å². The third kappa shape index (κ3) is 57.7. The van der Waals surface area contributed by atoms with Crippen molar-refractivity contribution in [1.29, 1.82) is 0 Å². The third-order valence-corrected chi connectivity index (χ3v) is 15.6. The lowest BCUT2D eigenvalue weighted by Crippen LogP contribution is -2.30. The third-order valence-electron chi connectivity index (χ3n) is 15.6. The minimum atomic E-state index is -0.764. The minimum Gasteiger partial charge on any atom is -0.462 e. The molecule has 0 aliphatic rings. The van der Waals surface area contributed by atoms with Crippen LogP contribution in [0.5, 0.6) is 0 Å². The molecule has 428 valence electrons. The molecule has 0 aliphatic heterocycles. The van der Waals surface area contributed by atoms with Crippen molar-refractivity contribution >= 4 is 17.9 Å². The predicted molar refractivity (Wildman–Crippen MR) is 312 cm³/mol. The van der Waals surface area contributed by atoms with Crippen LogP contribution in [0.3, 0.4) is 0 Å². The van der Waals surface area contributed by atoms with Crippen LogP contribution in [0.1, 0.15) is 375 Å². The lowest BCUT2D eigenvalue weighted by molar-refractivity contribution is -0.167.